The molecule has 0 radical (unpaired) electrons. The molecule has 0 saturated heterocycles. The maximum atomic E-state index is 10.6. The van der Waals surface area contributed by atoms with Gasteiger partial charge in [-0.05, 0) is 29.9 Å². The maximum Gasteiger partial charge on any atom is 0.303 e. The number of hydrogen-bond donors (Lipinski definition) is 1. The van der Waals surface area contributed by atoms with Crippen molar-refractivity contribution in [2.24, 2.45) is 10.8 Å². The Hall–Kier alpha value is -0.180. The lowest BCUT2D eigenvalue weighted by atomic mass is 9.73. The minimum Gasteiger partial charge on any atom is -0.481 e. The Bertz CT molecular complexity index is 229. The zero-order valence-electron chi connectivity index (χ0n) is 11.5. The number of aliphatic carboxylic acids is 1. The number of hydrogen-bond acceptors (Lipinski definition) is 2. The first-order chi connectivity index (χ1) is 7.08. The first-order valence-corrected chi connectivity index (χ1v) is 7.12. The van der Waals surface area contributed by atoms with Gasteiger partial charge in [0.05, 0.1) is 0 Å². The van der Waals surface area contributed by atoms with Crippen molar-refractivity contribution in [2.75, 3.05) is 6.26 Å². The van der Waals surface area contributed by atoms with Crippen molar-refractivity contribution in [1.82, 2.24) is 0 Å². The lowest BCUT2D eigenvalue weighted by Gasteiger charge is -2.38. The third kappa shape index (κ3) is 6.41. The van der Waals surface area contributed by atoms with E-state index < -0.39 is 5.97 Å². The molecule has 0 spiro atoms. The smallest absolute Gasteiger partial charge is 0.303 e. The highest BCUT2D eigenvalue weighted by atomic mass is 32.2. The molecule has 96 valence electrons. The van der Waals surface area contributed by atoms with Gasteiger partial charge in [-0.25, -0.2) is 0 Å². The van der Waals surface area contributed by atoms with Crippen LogP contribution >= 0.6 is 11.8 Å². The van der Waals surface area contributed by atoms with Crippen molar-refractivity contribution in [3.05, 3.63) is 0 Å². The average Bonchev–Trinajstić information content (AvgIpc) is 1.98. The molecular weight excluding hydrogens is 220 g/mol. The fourth-order valence-corrected chi connectivity index (χ4v) is 3.64. The third-order valence-corrected chi connectivity index (χ3v) is 4.21. The van der Waals surface area contributed by atoms with E-state index in [0.29, 0.717) is 10.7 Å². The van der Waals surface area contributed by atoms with Gasteiger partial charge in [-0.2, -0.15) is 11.8 Å². The fourth-order valence-electron chi connectivity index (χ4n) is 2.56. The Balaban J connectivity index is 4.47. The van der Waals surface area contributed by atoms with Crippen molar-refractivity contribution in [1.29, 1.82) is 0 Å². The highest BCUT2D eigenvalue weighted by molar-refractivity contribution is 7.99. The Morgan fingerprint density at radius 2 is 1.75 bits per heavy atom. The summed E-state index contributed by atoms with van der Waals surface area (Å²) in [4.78, 5) is 10.6. The molecule has 0 fully saturated rings. The molecule has 0 aromatic heterocycles. The minimum absolute atomic E-state index is 0.188. The molecule has 0 aromatic carbocycles. The van der Waals surface area contributed by atoms with Crippen molar-refractivity contribution in [3.63, 3.8) is 0 Å². The van der Waals surface area contributed by atoms with Crippen LogP contribution in [0, 0.1) is 10.8 Å². The van der Waals surface area contributed by atoms with Crippen LogP contribution in [0.15, 0.2) is 0 Å². The van der Waals surface area contributed by atoms with Gasteiger partial charge in [0.1, 0.15) is 0 Å². The van der Waals surface area contributed by atoms with Gasteiger partial charge < -0.3 is 5.11 Å². The van der Waals surface area contributed by atoms with Crippen LogP contribution in [-0.2, 0) is 4.79 Å². The summed E-state index contributed by atoms with van der Waals surface area (Å²) >= 11 is 1.80. The second kappa shape index (κ2) is 5.95. The van der Waals surface area contributed by atoms with E-state index >= 15 is 0 Å². The molecule has 0 bridgehead atoms. The van der Waals surface area contributed by atoms with E-state index in [0.717, 1.165) is 12.8 Å². The summed E-state index contributed by atoms with van der Waals surface area (Å²) in [7, 11) is 0. The summed E-state index contributed by atoms with van der Waals surface area (Å²) in [5.74, 6) is -0.689. The van der Waals surface area contributed by atoms with Gasteiger partial charge in [-0.3, -0.25) is 4.79 Å². The molecular formula is C13H26O2S. The van der Waals surface area contributed by atoms with Crippen molar-refractivity contribution >= 4 is 17.7 Å². The van der Waals surface area contributed by atoms with Crippen LogP contribution in [0.5, 0.6) is 0 Å². The van der Waals surface area contributed by atoms with Crippen LogP contribution in [0.1, 0.15) is 53.9 Å². The number of carboxylic acids is 1. The van der Waals surface area contributed by atoms with Crippen LogP contribution in [0.4, 0.5) is 0 Å². The summed E-state index contributed by atoms with van der Waals surface area (Å²) in [6.45, 7) is 11.2. The topological polar surface area (TPSA) is 37.3 Å². The van der Waals surface area contributed by atoms with Gasteiger partial charge in [0, 0.05) is 11.7 Å². The largest absolute Gasteiger partial charge is 0.481 e. The summed E-state index contributed by atoms with van der Waals surface area (Å²) in [5.41, 5.74) is 0.480. The van der Waals surface area contributed by atoms with Crippen LogP contribution in [-0.4, -0.2) is 22.6 Å². The zero-order chi connectivity index (χ0) is 13.0. The van der Waals surface area contributed by atoms with Gasteiger partial charge >= 0.3 is 5.97 Å². The molecule has 0 rings (SSSR count). The van der Waals surface area contributed by atoms with Crippen LogP contribution in [0.2, 0.25) is 0 Å². The predicted octanol–water partition coefficient (Wildman–Crippen LogP) is 4.05. The van der Waals surface area contributed by atoms with Gasteiger partial charge in [0.15, 0.2) is 0 Å². The van der Waals surface area contributed by atoms with Gasteiger partial charge in [-0.15, -0.1) is 0 Å². The number of carbonyl (C=O) groups is 1. The molecule has 3 heteroatoms. The van der Waals surface area contributed by atoms with Gasteiger partial charge in [-0.1, -0.05) is 34.6 Å². The maximum absolute atomic E-state index is 10.6. The molecule has 0 aromatic rings. The Morgan fingerprint density at radius 3 is 2.06 bits per heavy atom. The van der Waals surface area contributed by atoms with E-state index in [1.807, 2.05) is 0 Å². The molecule has 0 aliphatic carbocycles. The van der Waals surface area contributed by atoms with E-state index in [4.69, 9.17) is 5.11 Å². The van der Waals surface area contributed by atoms with E-state index in [-0.39, 0.29) is 11.8 Å². The molecule has 2 nitrogen and oxygen atoms in total. The number of carboxylic acid groups (broad SMARTS) is 1. The van der Waals surface area contributed by atoms with Gasteiger partial charge in [0.2, 0.25) is 0 Å². The standard InChI is InChI=1S/C13H26O2S/c1-12(2,3)9-13(4,5)10(16-6)7-8-11(14)15/h10H,7-9H2,1-6H3,(H,14,15). The van der Waals surface area contributed by atoms with Crippen LogP contribution < -0.4 is 0 Å². The second-order valence-electron chi connectivity index (χ2n) is 6.38. The summed E-state index contributed by atoms with van der Waals surface area (Å²) in [5, 5.41) is 9.17. The quantitative estimate of drug-likeness (QED) is 0.768. The molecule has 1 unspecified atom stereocenters. The van der Waals surface area contributed by atoms with Crippen molar-refractivity contribution in [3.8, 4) is 0 Å². The van der Waals surface area contributed by atoms with Crippen LogP contribution in [0.3, 0.4) is 0 Å². The monoisotopic (exact) mass is 246 g/mol. The molecule has 0 heterocycles. The molecule has 0 aliphatic rings. The first-order valence-electron chi connectivity index (χ1n) is 5.83. The number of rotatable bonds is 6. The molecule has 0 saturated carbocycles. The zero-order valence-corrected chi connectivity index (χ0v) is 12.3. The molecule has 1 N–H and O–H groups in total. The number of thioether (sulfide) groups is 1. The van der Waals surface area contributed by atoms with E-state index in [1.165, 1.54) is 0 Å². The van der Waals surface area contributed by atoms with E-state index in [1.54, 1.807) is 11.8 Å². The van der Waals surface area contributed by atoms with Crippen LogP contribution in [0.25, 0.3) is 0 Å². The lowest BCUT2D eigenvalue weighted by molar-refractivity contribution is -0.137. The molecule has 16 heavy (non-hydrogen) atoms. The summed E-state index contributed by atoms with van der Waals surface area (Å²) in [6.07, 6.45) is 4.24. The lowest BCUT2D eigenvalue weighted by Crippen LogP contribution is -2.31. The van der Waals surface area contributed by atoms with Gasteiger partial charge in [0.25, 0.3) is 0 Å². The average molecular weight is 246 g/mol. The highest BCUT2D eigenvalue weighted by Crippen LogP contribution is 2.41. The van der Waals surface area contributed by atoms with Crippen molar-refractivity contribution < 1.29 is 9.90 Å². The Kier molecular flexibility index (Phi) is 5.88. The van der Waals surface area contributed by atoms with E-state index in [9.17, 15) is 4.79 Å². The minimum atomic E-state index is -0.689. The fraction of sp³-hybridized carbons (Fsp3) is 0.923. The third-order valence-electron chi connectivity index (χ3n) is 2.76. The second-order valence-corrected chi connectivity index (χ2v) is 7.42. The normalized spacial score (nSPS) is 14.9. The SMILES string of the molecule is CSC(CCC(=O)O)C(C)(C)CC(C)(C)C. The predicted molar refractivity (Wildman–Crippen MR) is 72.0 cm³/mol. The molecule has 0 amide bonds. The van der Waals surface area contributed by atoms with E-state index in [2.05, 4.69) is 40.9 Å². The molecule has 0 aliphatic heterocycles. The Labute approximate surface area is 104 Å². The first kappa shape index (κ1) is 15.8. The highest BCUT2D eigenvalue weighted by Gasteiger charge is 2.33. The molecule has 1 atom stereocenters. The summed E-state index contributed by atoms with van der Waals surface area (Å²) in [6, 6.07) is 0. The summed E-state index contributed by atoms with van der Waals surface area (Å²) < 4.78 is 0. The Morgan fingerprint density at radius 1 is 1.25 bits per heavy atom. The van der Waals surface area contributed by atoms with Crippen molar-refractivity contribution in [2.45, 2.75) is 59.1 Å².